The average molecular weight is 312 g/mol. The first-order valence-corrected chi connectivity index (χ1v) is 7.64. The van der Waals surface area contributed by atoms with Crippen LogP contribution in [0, 0.1) is 0 Å². The molecule has 106 valence electrons. The number of hydrogen-bond acceptors (Lipinski definition) is 4. The van der Waals surface area contributed by atoms with E-state index in [2.05, 4.69) is 4.98 Å². The number of nitrogens with two attached hydrogens (primary N) is 1. The molecular weight excluding hydrogens is 298 g/mol. The number of sulfonamides is 1. The highest BCUT2D eigenvalue weighted by molar-refractivity contribution is 7.89. The number of benzene rings is 1. The molecule has 0 fully saturated rings. The summed E-state index contributed by atoms with van der Waals surface area (Å²) >= 11 is 5.80. The van der Waals surface area contributed by atoms with E-state index in [1.165, 1.54) is 29.7 Å². The second-order valence-electron chi connectivity index (χ2n) is 4.30. The highest BCUT2D eigenvalue weighted by Gasteiger charge is 2.21. The van der Waals surface area contributed by atoms with Crippen LogP contribution in [0.4, 0.5) is 5.82 Å². The molecule has 0 atom stereocenters. The van der Waals surface area contributed by atoms with Gasteiger partial charge in [0.2, 0.25) is 10.0 Å². The predicted molar refractivity (Wildman–Crippen MR) is 78.8 cm³/mol. The summed E-state index contributed by atoms with van der Waals surface area (Å²) in [6, 6.07) is 9.78. The van der Waals surface area contributed by atoms with Crippen LogP contribution in [0.2, 0.25) is 5.02 Å². The van der Waals surface area contributed by atoms with Crippen LogP contribution in [0.15, 0.2) is 47.5 Å². The normalized spacial score (nSPS) is 11.8. The van der Waals surface area contributed by atoms with Crippen molar-refractivity contribution in [3.63, 3.8) is 0 Å². The van der Waals surface area contributed by atoms with Crippen LogP contribution in [0.5, 0.6) is 0 Å². The fourth-order valence-corrected chi connectivity index (χ4v) is 3.01. The molecule has 2 rings (SSSR count). The molecule has 0 aliphatic heterocycles. The first-order valence-electron chi connectivity index (χ1n) is 5.82. The summed E-state index contributed by atoms with van der Waals surface area (Å²) in [6.45, 7) is 0.252. The number of hydrogen-bond donors (Lipinski definition) is 1. The van der Waals surface area contributed by atoms with Gasteiger partial charge in [-0.1, -0.05) is 23.7 Å². The minimum absolute atomic E-state index is 0.126. The third kappa shape index (κ3) is 3.27. The van der Waals surface area contributed by atoms with Crippen molar-refractivity contribution in [2.75, 3.05) is 12.8 Å². The summed E-state index contributed by atoms with van der Waals surface area (Å²) in [4.78, 5) is 3.91. The number of nitrogen functional groups attached to an aromatic ring is 1. The highest BCUT2D eigenvalue weighted by Crippen LogP contribution is 2.18. The summed E-state index contributed by atoms with van der Waals surface area (Å²) in [5, 5.41) is 0.612. The van der Waals surface area contributed by atoms with Crippen LogP contribution in [0.25, 0.3) is 0 Å². The van der Waals surface area contributed by atoms with E-state index < -0.39 is 10.0 Å². The average Bonchev–Trinajstić information content (AvgIpc) is 2.41. The molecule has 0 saturated carbocycles. The quantitative estimate of drug-likeness (QED) is 0.938. The lowest BCUT2D eigenvalue weighted by Gasteiger charge is -2.17. The van der Waals surface area contributed by atoms with Crippen LogP contribution in [0.3, 0.4) is 0 Å². The molecule has 0 saturated heterocycles. The van der Waals surface area contributed by atoms with Gasteiger partial charge in [0.1, 0.15) is 5.82 Å². The van der Waals surface area contributed by atoms with Gasteiger partial charge in [-0.25, -0.2) is 13.4 Å². The maximum Gasteiger partial charge on any atom is 0.243 e. The first kappa shape index (κ1) is 14.8. The second kappa shape index (κ2) is 5.78. The molecule has 0 spiro atoms. The monoisotopic (exact) mass is 311 g/mol. The third-order valence-corrected chi connectivity index (χ3v) is 4.83. The number of anilines is 1. The topological polar surface area (TPSA) is 76.3 Å². The highest BCUT2D eigenvalue weighted by atomic mass is 35.5. The van der Waals surface area contributed by atoms with Crippen LogP contribution >= 0.6 is 11.6 Å². The molecule has 20 heavy (non-hydrogen) atoms. The summed E-state index contributed by atoms with van der Waals surface area (Å²) in [7, 11) is -2.08. The molecule has 0 aliphatic carbocycles. The first-order chi connectivity index (χ1) is 9.39. The van der Waals surface area contributed by atoms with Crippen molar-refractivity contribution in [2.45, 2.75) is 11.4 Å². The van der Waals surface area contributed by atoms with Gasteiger partial charge in [-0.05, 0) is 23.8 Å². The SMILES string of the molecule is CN(Cc1ccc(Cl)cc1)S(=O)(=O)c1ccnc(N)c1. The van der Waals surface area contributed by atoms with E-state index >= 15 is 0 Å². The van der Waals surface area contributed by atoms with Crippen molar-refractivity contribution >= 4 is 27.4 Å². The Balaban J connectivity index is 2.23. The van der Waals surface area contributed by atoms with Crippen molar-refractivity contribution < 1.29 is 8.42 Å². The fourth-order valence-electron chi connectivity index (χ4n) is 1.70. The fraction of sp³-hybridized carbons (Fsp3) is 0.154. The van der Waals surface area contributed by atoms with Gasteiger partial charge in [0.05, 0.1) is 4.90 Å². The molecule has 1 aromatic carbocycles. The Kier molecular flexibility index (Phi) is 4.27. The zero-order valence-electron chi connectivity index (χ0n) is 10.8. The Hall–Kier alpha value is -1.63. The maximum absolute atomic E-state index is 12.4. The Morgan fingerprint density at radius 2 is 1.90 bits per heavy atom. The van der Waals surface area contributed by atoms with Gasteiger partial charge in [0.15, 0.2) is 0 Å². The molecule has 2 N–H and O–H groups in total. The molecule has 0 radical (unpaired) electrons. The van der Waals surface area contributed by atoms with Gasteiger partial charge in [0, 0.05) is 30.9 Å². The van der Waals surface area contributed by atoms with Gasteiger partial charge in [-0.2, -0.15) is 4.31 Å². The van der Waals surface area contributed by atoms with Crippen LogP contribution in [0.1, 0.15) is 5.56 Å². The van der Waals surface area contributed by atoms with Gasteiger partial charge in [-0.15, -0.1) is 0 Å². The lowest BCUT2D eigenvalue weighted by atomic mass is 10.2. The van der Waals surface area contributed by atoms with E-state index in [4.69, 9.17) is 17.3 Å². The van der Waals surface area contributed by atoms with Crippen LogP contribution in [-0.2, 0) is 16.6 Å². The summed E-state index contributed by atoms with van der Waals surface area (Å²) in [5.74, 6) is 0.172. The lowest BCUT2D eigenvalue weighted by molar-refractivity contribution is 0.466. The number of aromatic nitrogens is 1. The molecule has 0 bridgehead atoms. The van der Waals surface area contributed by atoms with Crippen molar-refractivity contribution in [2.24, 2.45) is 0 Å². The minimum atomic E-state index is -3.59. The molecule has 7 heteroatoms. The Morgan fingerprint density at radius 3 is 2.50 bits per heavy atom. The molecule has 0 amide bonds. The van der Waals surface area contributed by atoms with E-state index in [0.717, 1.165) is 5.56 Å². The van der Waals surface area contributed by atoms with Gasteiger partial charge in [-0.3, -0.25) is 0 Å². The molecule has 0 unspecified atom stereocenters. The molecular formula is C13H14ClN3O2S. The minimum Gasteiger partial charge on any atom is -0.384 e. The Morgan fingerprint density at radius 1 is 1.25 bits per heavy atom. The molecule has 0 aliphatic rings. The number of pyridine rings is 1. The van der Waals surface area contributed by atoms with Gasteiger partial charge < -0.3 is 5.73 Å². The number of halogens is 1. The molecule has 2 aromatic rings. The summed E-state index contributed by atoms with van der Waals surface area (Å²) < 4.78 is 26.0. The van der Waals surface area contributed by atoms with Crippen molar-refractivity contribution in [3.05, 3.63) is 53.2 Å². The molecule has 5 nitrogen and oxygen atoms in total. The summed E-state index contributed by atoms with van der Waals surface area (Å²) in [5.41, 5.74) is 6.37. The van der Waals surface area contributed by atoms with Crippen molar-refractivity contribution in [3.8, 4) is 0 Å². The molecule has 1 heterocycles. The summed E-state index contributed by atoms with van der Waals surface area (Å²) in [6.07, 6.45) is 1.37. The van der Waals surface area contributed by atoms with Gasteiger partial charge >= 0.3 is 0 Å². The van der Waals surface area contributed by atoms with Crippen molar-refractivity contribution in [1.82, 2.24) is 9.29 Å². The van der Waals surface area contributed by atoms with E-state index in [-0.39, 0.29) is 17.3 Å². The smallest absolute Gasteiger partial charge is 0.243 e. The van der Waals surface area contributed by atoms with Crippen molar-refractivity contribution in [1.29, 1.82) is 0 Å². The number of nitrogens with zero attached hydrogens (tertiary/aromatic N) is 2. The van der Waals surface area contributed by atoms with Gasteiger partial charge in [0.25, 0.3) is 0 Å². The van der Waals surface area contributed by atoms with E-state index in [1.807, 2.05) is 0 Å². The zero-order valence-corrected chi connectivity index (χ0v) is 12.4. The predicted octanol–water partition coefficient (Wildman–Crippen LogP) is 2.14. The maximum atomic E-state index is 12.4. The molecule has 1 aromatic heterocycles. The van der Waals surface area contributed by atoms with Crippen LogP contribution in [-0.4, -0.2) is 24.8 Å². The zero-order chi connectivity index (χ0) is 14.8. The lowest BCUT2D eigenvalue weighted by Crippen LogP contribution is -2.26. The van der Waals surface area contributed by atoms with Crippen LogP contribution < -0.4 is 5.73 Å². The third-order valence-electron chi connectivity index (χ3n) is 2.78. The van der Waals surface area contributed by atoms with E-state index in [1.54, 1.807) is 24.3 Å². The number of rotatable bonds is 4. The van der Waals surface area contributed by atoms with E-state index in [0.29, 0.717) is 5.02 Å². The standard InChI is InChI=1S/C13H14ClN3O2S/c1-17(9-10-2-4-11(14)5-3-10)20(18,19)12-6-7-16-13(15)8-12/h2-8H,9H2,1H3,(H2,15,16). The Labute approximate surface area is 123 Å². The largest absolute Gasteiger partial charge is 0.384 e. The Bertz CT molecular complexity index is 702. The van der Waals surface area contributed by atoms with E-state index in [9.17, 15) is 8.42 Å². The second-order valence-corrected chi connectivity index (χ2v) is 6.79.